The number of H-pyrrole nitrogens is 1. The molecular weight excluding hydrogens is 238 g/mol. The molecule has 0 aliphatic carbocycles. The lowest BCUT2D eigenvalue weighted by atomic mass is 10.3. The van der Waals surface area contributed by atoms with Crippen LogP contribution in [0.5, 0.6) is 17.4 Å². The third-order valence-corrected chi connectivity index (χ3v) is 2.25. The summed E-state index contributed by atoms with van der Waals surface area (Å²) in [5.41, 5.74) is 5.23. The molecule has 0 radical (unpaired) electrons. The van der Waals surface area contributed by atoms with Crippen molar-refractivity contribution in [3.63, 3.8) is 0 Å². The van der Waals surface area contributed by atoms with Gasteiger partial charge in [0.1, 0.15) is 11.5 Å². The van der Waals surface area contributed by atoms with Gasteiger partial charge in [0, 0.05) is 0 Å². The number of carboxylic acids is 1. The number of nitrogens with two attached hydrogens (primary N) is 1. The van der Waals surface area contributed by atoms with Crippen molar-refractivity contribution >= 4 is 11.8 Å². The highest BCUT2D eigenvalue weighted by molar-refractivity contribution is 5.95. The number of carboxylic acid groups (broad SMARTS) is 1. The molecule has 1 heterocycles. The van der Waals surface area contributed by atoms with Gasteiger partial charge < -0.3 is 20.3 Å². The molecule has 0 amide bonds. The number of carbonyl (C=O) groups is 1. The fourth-order valence-corrected chi connectivity index (χ4v) is 1.38. The molecule has 18 heavy (non-hydrogen) atoms. The average Bonchev–Trinajstić information content (AvgIpc) is 2.71. The van der Waals surface area contributed by atoms with Gasteiger partial charge in [-0.2, -0.15) is 5.10 Å². The van der Waals surface area contributed by atoms with E-state index in [-0.39, 0.29) is 17.3 Å². The fraction of sp³-hybridized carbons (Fsp3) is 0.0909. The number of hydrogen-bond donors (Lipinski definition) is 3. The van der Waals surface area contributed by atoms with Gasteiger partial charge in [-0.3, -0.25) is 0 Å². The van der Waals surface area contributed by atoms with Crippen molar-refractivity contribution in [1.82, 2.24) is 10.2 Å². The Hall–Kier alpha value is -2.70. The van der Waals surface area contributed by atoms with Gasteiger partial charge in [0.25, 0.3) is 0 Å². The van der Waals surface area contributed by atoms with Crippen LogP contribution >= 0.6 is 0 Å². The maximum absolute atomic E-state index is 11.0. The summed E-state index contributed by atoms with van der Waals surface area (Å²) >= 11 is 0. The molecule has 0 fully saturated rings. The predicted octanol–water partition coefficient (Wildman–Crippen LogP) is 1.49. The number of benzene rings is 1. The van der Waals surface area contributed by atoms with Crippen molar-refractivity contribution in [3.05, 3.63) is 29.8 Å². The van der Waals surface area contributed by atoms with Crippen LogP contribution < -0.4 is 15.2 Å². The molecule has 7 nitrogen and oxygen atoms in total. The van der Waals surface area contributed by atoms with Gasteiger partial charge in [0.2, 0.25) is 5.88 Å². The third-order valence-electron chi connectivity index (χ3n) is 2.25. The van der Waals surface area contributed by atoms with Gasteiger partial charge in [0.05, 0.1) is 7.11 Å². The molecule has 1 aromatic heterocycles. The van der Waals surface area contributed by atoms with Gasteiger partial charge in [-0.15, -0.1) is 0 Å². The smallest absolute Gasteiger partial charge is 0.345 e. The number of nitrogens with zero attached hydrogens (tertiary/aromatic N) is 1. The van der Waals surface area contributed by atoms with Crippen molar-refractivity contribution < 1.29 is 19.4 Å². The van der Waals surface area contributed by atoms with E-state index in [9.17, 15) is 4.79 Å². The number of nitrogen functional groups attached to an aromatic ring is 1. The molecule has 2 aromatic rings. The number of nitrogens with one attached hydrogen (secondary N) is 1. The standard InChI is InChI=1S/C11H11N3O4/c1-17-6-2-4-7(5-3-6)18-10-8(11(15)16)9(12)13-14-10/h2-5H,1H3,(H,15,16)(H3,12,13,14). The molecule has 94 valence electrons. The molecule has 0 bridgehead atoms. The van der Waals surface area contributed by atoms with E-state index >= 15 is 0 Å². The number of aromatic amines is 1. The Bertz CT molecular complexity index is 562. The van der Waals surface area contributed by atoms with Crippen LogP contribution in [-0.2, 0) is 0 Å². The summed E-state index contributed by atoms with van der Waals surface area (Å²) in [4.78, 5) is 11.0. The second-order valence-corrected chi connectivity index (χ2v) is 3.40. The minimum Gasteiger partial charge on any atom is -0.497 e. The minimum absolute atomic E-state index is 0.00910. The Morgan fingerprint density at radius 1 is 1.33 bits per heavy atom. The molecule has 0 saturated heterocycles. The van der Waals surface area contributed by atoms with Crippen LogP contribution in [-0.4, -0.2) is 28.4 Å². The Morgan fingerprint density at radius 3 is 2.50 bits per heavy atom. The number of aromatic nitrogens is 2. The zero-order chi connectivity index (χ0) is 13.1. The molecule has 0 atom stereocenters. The number of methoxy groups -OCH3 is 1. The molecule has 2 rings (SSSR count). The van der Waals surface area contributed by atoms with E-state index in [1.54, 1.807) is 31.4 Å². The van der Waals surface area contributed by atoms with Gasteiger partial charge in [0.15, 0.2) is 11.4 Å². The quantitative estimate of drug-likeness (QED) is 0.757. The van der Waals surface area contributed by atoms with Crippen molar-refractivity contribution in [3.8, 4) is 17.4 Å². The van der Waals surface area contributed by atoms with Crippen LogP contribution in [0.25, 0.3) is 0 Å². The highest BCUT2D eigenvalue weighted by atomic mass is 16.5. The molecule has 0 spiro atoms. The highest BCUT2D eigenvalue weighted by Gasteiger charge is 2.19. The monoisotopic (exact) mass is 249 g/mol. The lowest BCUT2D eigenvalue weighted by Crippen LogP contribution is -2.01. The SMILES string of the molecule is COc1ccc(Oc2[nH]nc(N)c2C(=O)O)cc1. The lowest BCUT2D eigenvalue weighted by Gasteiger charge is -2.05. The number of ether oxygens (including phenoxy) is 2. The first-order valence-electron chi connectivity index (χ1n) is 5.01. The normalized spacial score (nSPS) is 10.1. The van der Waals surface area contributed by atoms with E-state index in [0.717, 1.165) is 0 Å². The molecule has 7 heteroatoms. The van der Waals surface area contributed by atoms with Crippen molar-refractivity contribution in [2.45, 2.75) is 0 Å². The molecule has 1 aromatic carbocycles. The molecule has 0 saturated carbocycles. The van der Waals surface area contributed by atoms with E-state index in [4.69, 9.17) is 20.3 Å². The molecular formula is C11H11N3O4. The summed E-state index contributed by atoms with van der Waals surface area (Å²) in [5, 5.41) is 15.0. The second kappa shape index (κ2) is 4.66. The molecule has 4 N–H and O–H groups in total. The van der Waals surface area contributed by atoms with Crippen LogP contribution in [0.1, 0.15) is 10.4 Å². The maximum Gasteiger partial charge on any atom is 0.345 e. The van der Waals surface area contributed by atoms with E-state index in [1.165, 1.54) is 0 Å². The van der Waals surface area contributed by atoms with Gasteiger partial charge in [-0.1, -0.05) is 0 Å². The van der Waals surface area contributed by atoms with Crippen LogP contribution in [0, 0.1) is 0 Å². The Labute approximate surface area is 102 Å². The Kier molecular flexibility index (Phi) is 3.05. The molecule has 0 aliphatic heterocycles. The first-order chi connectivity index (χ1) is 8.61. The van der Waals surface area contributed by atoms with Crippen molar-refractivity contribution in [2.75, 3.05) is 12.8 Å². The first kappa shape index (κ1) is 11.8. The third kappa shape index (κ3) is 2.19. The van der Waals surface area contributed by atoms with Crippen LogP contribution in [0.2, 0.25) is 0 Å². The topological polar surface area (TPSA) is 110 Å². The van der Waals surface area contributed by atoms with Crippen molar-refractivity contribution in [1.29, 1.82) is 0 Å². The maximum atomic E-state index is 11.0. The summed E-state index contributed by atoms with van der Waals surface area (Å²) < 4.78 is 10.4. The van der Waals surface area contributed by atoms with E-state index < -0.39 is 5.97 Å². The zero-order valence-electron chi connectivity index (χ0n) is 9.51. The van der Waals surface area contributed by atoms with Gasteiger partial charge in [-0.25, -0.2) is 9.89 Å². The van der Waals surface area contributed by atoms with E-state index in [2.05, 4.69) is 10.2 Å². The van der Waals surface area contributed by atoms with Crippen LogP contribution in [0.4, 0.5) is 5.82 Å². The van der Waals surface area contributed by atoms with E-state index in [0.29, 0.717) is 11.5 Å². The van der Waals surface area contributed by atoms with Crippen molar-refractivity contribution in [2.24, 2.45) is 0 Å². The largest absolute Gasteiger partial charge is 0.497 e. The zero-order valence-corrected chi connectivity index (χ0v) is 9.51. The molecule has 0 aliphatic rings. The van der Waals surface area contributed by atoms with Crippen LogP contribution in [0.15, 0.2) is 24.3 Å². The summed E-state index contributed by atoms with van der Waals surface area (Å²) in [6.45, 7) is 0. The minimum atomic E-state index is -1.20. The summed E-state index contributed by atoms with van der Waals surface area (Å²) in [6.07, 6.45) is 0. The predicted molar refractivity (Wildman–Crippen MR) is 63.0 cm³/mol. The average molecular weight is 249 g/mol. The highest BCUT2D eigenvalue weighted by Crippen LogP contribution is 2.27. The van der Waals surface area contributed by atoms with Gasteiger partial charge in [-0.05, 0) is 24.3 Å². The first-order valence-corrected chi connectivity index (χ1v) is 5.01. The Balaban J connectivity index is 2.25. The summed E-state index contributed by atoms with van der Waals surface area (Å²) in [7, 11) is 1.55. The number of rotatable bonds is 4. The summed E-state index contributed by atoms with van der Waals surface area (Å²) in [6, 6.07) is 6.66. The molecule has 0 unspecified atom stereocenters. The Morgan fingerprint density at radius 2 is 1.94 bits per heavy atom. The number of hydrogen-bond acceptors (Lipinski definition) is 5. The van der Waals surface area contributed by atoms with E-state index in [1.807, 2.05) is 0 Å². The number of aromatic carboxylic acids is 1. The number of anilines is 1. The van der Waals surface area contributed by atoms with Crippen LogP contribution in [0.3, 0.4) is 0 Å². The lowest BCUT2D eigenvalue weighted by molar-refractivity contribution is 0.0695. The fourth-order valence-electron chi connectivity index (χ4n) is 1.38. The second-order valence-electron chi connectivity index (χ2n) is 3.40. The summed E-state index contributed by atoms with van der Waals surface area (Å²) in [5.74, 6) is -0.215. The van der Waals surface area contributed by atoms with Gasteiger partial charge >= 0.3 is 5.97 Å².